The van der Waals surface area contributed by atoms with Gasteiger partial charge >= 0.3 is 5.97 Å². The van der Waals surface area contributed by atoms with Crippen LogP contribution in [0.1, 0.15) is 27.4 Å². The Hall–Kier alpha value is -4.47. The first kappa shape index (κ1) is 20.4. The van der Waals surface area contributed by atoms with E-state index in [9.17, 15) is 19.8 Å². The highest BCUT2D eigenvalue weighted by atomic mass is 16.6. The lowest BCUT2D eigenvalue weighted by molar-refractivity contribution is -0.384. The molecule has 2 aromatic carbocycles. The highest BCUT2D eigenvalue weighted by molar-refractivity contribution is 6.12. The van der Waals surface area contributed by atoms with E-state index in [4.69, 9.17) is 9.15 Å². The monoisotopic (exact) mass is 446 g/mol. The number of aromatic nitrogens is 1. The third kappa shape index (κ3) is 2.99. The number of aryl methyl sites for hydroxylation is 1. The predicted octanol–water partition coefficient (Wildman–Crippen LogP) is 5.35. The summed E-state index contributed by atoms with van der Waals surface area (Å²) < 4.78 is 10.8. The molecule has 0 unspecified atom stereocenters. The van der Waals surface area contributed by atoms with Gasteiger partial charge in [0.1, 0.15) is 11.3 Å². The van der Waals surface area contributed by atoms with Crippen molar-refractivity contribution in [2.45, 2.75) is 13.3 Å². The van der Waals surface area contributed by atoms with E-state index in [1.54, 1.807) is 25.1 Å². The van der Waals surface area contributed by atoms with E-state index in [0.29, 0.717) is 63.2 Å². The first-order valence-corrected chi connectivity index (χ1v) is 10.1. The van der Waals surface area contributed by atoms with Crippen molar-refractivity contribution in [3.63, 3.8) is 0 Å². The lowest BCUT2D eigenvalue weighted by Gasteiger charge is -2.20. The summed E-state index contributed by atoms with van der Waals surface area (Å²) in [5.41, 5.74) is 4.17. The number of carbonyl (C=O) groups is 1. The number of aromatic amines is 1. The highest BCUT2D eigenvalue weighted by Gasteiger charge is 2.31. The molecule has 5 rings (SSSR count). The molecule has 0 saturated heterocycles. The van der Waals surface area contributed by atoms with Gasteiger partial charge in [0.2, 0.25) is 0 Å². The van der Waals surface area contributed by atoms with E-state index >= 15 is 0 Å². The molecule has 10 heteroatoms. The van der Waals surface area contributed by atoms with Crippen molar-refractivity contribution in [1.29, 1.82) is 0 Å². The number of rotatable bonds is 5. The number of ether oxygens (including phenoxy) is 1. The number of fused-ring (bicyclic) bond motifs is 4. The number of anilines is 1. The molecule has 0 saturated carbocycles. The average Bonchev–Trinajstić information content (AvgIpc) is 3.50. The van der Waals surface area contributed by atoms with Gasteiger partial charge in [-0.15, -0.1) is 4.91 Å². The number of esters is 1. The maximum atomic E-state index is 12.5. The van der Waals surface area contributed by atoms with Crippen LogP contribution in [0.3, 0.4) is 0 Å². The van der Waals surface area contributed by atoms with E-state index in [1.165, 1.54) is 19.2 Å². The summed E-state index contributed by atoms with van der Waals surface area (Å²) in [5.74, 6) is -0.0577. The van der Waals surface area contributed by atoms with Gasteiger partial charge < -0.3 is 19.0 Å². The van der Waals surface area contributed by atoms with Crippen LogP contribution in [-0.4, -0.2) is 29.5 Å². The Bertz CT molecular complexity index is 1510. The van der Waals surface area contributed by atoms with Crippen molar-refractivity contribution in [3.05, 3.63) is 74.5 Å². The van der Waals surface area contributed by atoms with Crippen LogP contribution >= 0.6 is 0 Å². The number of nitrogens with one attached hydrogen (secondary N) is 1. The van der Waals surface area contributed by atoms with Crippen molar-refractivity contribution in [3.8, 4) is 0 Å². The normalized spacial score (nSPS) is 12.8. The summed E-state index contributed by atoms with van der Waals surface area (Å²) in [7, 11) is 1.31. The van der Waals surface area contributed by atoms with Crippen molar-refractivity contribution in [2.24, 2.45) is 5.18 Å². The molecule has 0 amide bonds. The second-order valence-corrected chi connectivity index (χ2v) is 7.79. The minimum atomic E-state index is -0.500. The van der Waals surface area contributed by atoms with Gasteiger partial charge in [0.05, 0.1) is 28.8 Å². The summed E-state index contributed by atoms with van der Waals surface area (Å²) in [6.07, 6.45) is 0.594. The Labute approximate surface area is 186 Å². The number of hydrogen-bond donors (Lipinski definition) is 1. The first-order valence-electron chi connectivity index (χ1n) is 10.1. The number of nitroso groups, excluding NO2 is 1. The molecule has 2 aromatic heterocycles. The van der Waals surface area contributed by atoms with Crippen LogP contribution in [-0.2, 0) is 11.2 Å². The number of non-ortho nitro benzene ring substituents is 1. The molecule has 0 fully saturated rings. The quantitative estimate of drug-likeness (QED) is 0.189. The maximum absolute atomic E-state index is 12.5. The summed E-state index contributed by atoms with van der Waals surface area (Å²) in [4.78, 5) is 39.7. The topological polar surface area (TPSA) is 131 Å². The van der Waals surface area contributed by atoms with Crippen LogP contribution in [0.15, 0.2) is 46.5 Å². The molecule has 3 heterocycles. The summed E-state index contributed by atoms with van der Waals surface area (Å²) in [5, 5.41) is 15.4. The van der Waals surface area contributed by atoms with Gasteiger partial charge in [0.15, 0.2) is 5.76 Å². The summed E-state index contributed by atoms with van der Waals surface area (Å²) in [6.45, 7) is 6.44. The largest absolute Gasteiger partial charge is 0.465 e. The van der Waals surface area contributed by atoms with Gasteiger partial charge in [-0.05, 0) is 42.3 Å². The number of nitrogens with zero attached hydrogens (tertiary/aromatic N) is 3. The number of nitro groups is 1. The van der Waals surface area contributed by atoms with Crippen LogP contribution in [0.5, 0.6) is 0 Å². The van der Waals surface area contributed by atoms with E-state index in [-0.39, 0.29) is 11.4 Å². The predicted molar refractivity (Wildman–Crippen MR) is 123 cm³/mol. The van der Waals surface area contributed by atoms with Crippen molar-refractivity contribution >= 4 is 50.6 Å². The number of methoxy groups -OCH3 is 1. The van der Waals surface area contributed by atoms with Gasteiger partial charge in [-0.3, -0.25) is 10.1 Å². The van der Waals surface area contributed by atoms with E-state index in [2.05, 4.69) is 16.7 Å². The van der Waals surface area contributed by atoms with Crippen molar-refractivity contribution in [1.82, 2.24) is 4.98 Å². The molecule has 166 valence electrons. The maximum Gasteiger partial charge on any atom is 0.340 e. The van der Waals surface area contributed by atoms with Crippen LogP contribution in [0, 0.1) is 21.9 Å². The van der Waals surface area contributed by atoms with E-state index < -0.39 is 10.9 Å². The summed E-state index contributed by atoms with van der Waals surface area (Å²) in [6, 6.07) is 7.72. The Kier molecular flexibility index (Phi) is 4.52. The van der Waals surface area contributed by atoms with Crippen LogP contribution in [0.4, 0.5) is 17.1 Å². The molecular formula is C23H18N4O6. The van der Waals surface area contributed by atoms with E-state index in [0.717, 1.165) is 5.56 Å². The second-order valence-electron chi connectivity index (χ2n) is 7.79. The zero-order valence-electron chi connectivity index (χ0n) is 17.8. The molecule has 4 aromatic rings. The third-order valence-corrected chi connectivity index (χ3v) is 6.01. The number of H-pyrrole nitrogens is 1. The third-order valence-electron chi connectivity index (χ3n) is 6.01. The molecule has 0 atom stereocenters. The van der Waals surface area contributed by atoms with Gasteiger partial charge in [-0.1, -0.05) is 6.58 Å². The molecule has 0 bridgehead atoms. The zero-order chi connectivity index (χ0) is 23.4. The standard InChI is InChI=1S/C23H18N4O6/c1-11-20(23(28)32-3)21-15-6-7-26(17(15)10-16(25-29)22(21)24-11)12(2)19-9-13-8-14(27(30)31)4-5-18(13)33-19/h4-5,8-10,24H,2,6-7H2,1,3H3. The molecule has 0 spiro atoms. The fourth-order valence-corrected chi connectivity index (χ4v) is 4.50. The minimum Gasteiger partial charge on any atom is -0.465 e. The number of nitro benzene ring substituents is 1. The fourth-order valence-electron chi connectivity index (χ4n) is 4.50. The molecule has 1 aliphatic heterocycles. The van der Waals surface area contributed by atoms with Crippen molar-refractivity contribution in [2.75, 3.05) is 18.6 Å². The highest BCUT2D eigenvalue weighted by Crippen LogP contribution is 2.45. The van der Waals surface area contributed by atoms with Crippen LogP contribution in [0.25, 0.3) is 27.6 Å². The lowest BCUT2D eigenvalue weighted by Crippen LogP contribution is -2.17. The van der Waals surface area contributed by atoms with Crippen LogP contribution < -0.4 is 4.90 Å². The average molecular weight is 446 g/mol. The first-order chi connectivity index (χ1) is 15.8. The molecular weight excluding hydrogens is 428 g/mol. The minimum absolute atomic E-state index is 0.0331. The SMILES string of the molecule is C=C(c1cc2cc([N+](=O)[O-])ccc2o1)N1CCc2c1cc(N=O)c1[nH]c(C)c(C(=O)OC)c21. The number of carbonyl (C=O) groups excluding carboxylic acids is 1. The molecule has 1 N–H and O–H groups in total. The lowest BCUT2D eigenvalue weighted by atomic mass is 10.0. The Morgan fingerprint density at radius 3 is 2.82 bits per heavy atom. The molecule has 10 nitrogen and oxygen atoms in total. The van der Waals surface area contributed by atoms with Crippen LogP contribution in [0.2, 0.25) is 0 Å². The van der Waals surface area contributed by atoms with Gasteiger partial charge in [-0.25, -0.2) is 4.79 Å². The Balaban J connectivity index is 1.63. The fraction of sp³-hybridized carbons (Fsp3) is 0.174. The van der Waals surface area contributed by atoms with Gasteiger partial charge in [-0.2, -0.15) is 0 Å². The second kappa shape index (κ2) is 7.30. The van der Waals surface area contributed by atoms with Gasteiger partial charge in [0, 0.05) is 40.8 Å². The molecule has 33 heavy (non-hydrogen) atoms. The smallest absolute Gasteiger partial charge is 0.340 e. The summed E-state index contributed by atoms with van der Waals surface area (Å²) >= 11 is 0. The molecule has 1 aliphatic rings. The van der Waals surface area contributed by atoms with Crippen molar-refractivity contribution < 1.29 is 18.9 Å². The van der Waals surface area contributed by atoms with Gasteiger partial charge in [0.25, 0.3) is 5.69 Å². The van der Waals surface area contributed by atoms with E-state index in [1.807, 2.05) is 4.90 Å². The molecule has 0 aliphatic carbocycles. The number of furan rings is 1. The Morgan fingerprint density at radius 1 is 1.33 bits per heavy atom. The number of benzene rings is 2. The Morgan fingerprint density at radius 2 is 2.12 bits per heavy atom. The zero-order valence-corrected chi connectivity index (χ0v) is 17.8. The number of hydrogen-bond acceptors (Lipinski definition) is 8. The molecule has 0 radical (unpaired) electrons.